The number of carbonyl (C=O) groups excluding carboxylic acids is 2. The molecule has 4 heteroatoms. The molecule has 1 saturated heterocycles. The molecule has 1 rings (SSSR count). The maximum Gasteiger partial charge on any atom is 0.223 e. The molecule has 1 amide bonds. The van der Waals surface area contributed by atoms with E-state index in [1.807, 2.05) is 0 Å². The normalized spacial score (nSPS) is 22.4. The Kier molecular flexibility index (Phi) is 3.22. The van der Waals surface area contributed by atoms with E-state index in [0.29, 0.717) is 12.8 Å². The average Bonchev–Trinajstić information content (AvgIpc) is 2.47. The van der Waals surface area contributed by atoms with E-state index in [1.165, 1.54) is 0 Å². The van der Waals surface area contributed by atoms with Crippen LogP contribution in [0.1, 0.15) is 19.3 Å². The van der Waals surface area contributed by atoms with Gasteiger partial charge in [0.15, 0.2) is 0 Å². The molecule has 3 N–H and O–H groups in total. The Labute approximate surface area is 71.5 Å². The molecule has 1 heterocycles. The first-order valence-electron chi connectivity index (χ1n) is 4.23. The molecule has 1 atom stereocenters. The van der Waals surface area contributed by atoms with Gasteiger partial charge in [-0.1, -0.05) is 0 Å². The van der Waals surface area contributed by atoms with Crippen molar-refractivity contribution in [2.75, 3.05) is 13.1 Å². The van der Waals surface area contributed by atoms with E-state index in [1.54, 1.807) is 0 Å². The summed E-state index contributed by atoms with van der Waals surface area (Å²) in [4.78, 5) is 21.8. The van der Waals surface area contributed by atoms with Crippen molar-refractivity contribution in [2.45, 2.75) is 19.3 Å². The van der Waals surface area contributed by atoms with Gasteiger partial charge in [-0.3, -0.25) is 9.59 Å². The van der Waals surface area contributed by atoms with Crippen LogP contribution in [-0.4, -0.2) is 24.8 Å². The van der Waals surface area contributed by atoms with Gasteiger partial charge in [0.05, 0.1) is 6.54 Å². The summed E-state index contributed by atoms with van der Waals surface area (Å²) < 4.78 is 0. The van der Waals surface area contributed by atoms with Gasteiger partial charge >= 0.3 is 0 Å². The average molecular weight is 170 g/mol. The lowest BCUT2D eigenvalue weighted by atomic mass is 10.0. The lowest BCUT2D eigenvalue weighted by Crippen LogP contribution is -2.21. The fraction of sp³-hybridized carbons (Fsp3) is 0.750. The van der Waals surface area contributed by atoms with E-state index in [2.05, 4.69) is 5.32 Å². The second-order valence-corrected chi connectivity index (χ2v) is 3.06. The first-order valence-corrected chi connectivity index (χ1v) is 4.23. The SMILES string of the molecule is NCC(=O)CCC1CCNC1=O. The summed E-state index contributed by atoms with van der Waals surface area (Å²) in [5, 5.41) is 2.73. The number of ketones is 1. The van der Waals surface area contributed by atoms with E-state index >= 15 is 0 Å². The zero-order chi connectivity index (χ0) is 8.97. The maximum atomic E-state index is 11.0. The van der Waals surface area contributed by atoms with Crippen LogP contribution in [0, 0.1) is 5.92 Å². The molecule has 0 aromatic heterocycles. The van der Waals surface area contributed by atoms with Crippen LogP contribution in [0.25, 0.3) is 0 Å². The highest BCUT2D eigenvalue weighted by molar-refractivity contribution is 5.83. The van der Waals surface area contributed by atoms with Crippen molar-refractivity contribution < 1.29 is 9.59 Å². The first-order chi connectivity index (χ1) is 5.74. The van der Waals surface area contributed by atoms with Crippen molar-refractivity contribution in [3.8, 4) is 0 Å². The quantitative estimate of drug-likeness (QED) is 0.593. The van der Waals surface area contributed by atoms with Gasteiger partial charge in [0, 0.05) is 18.9 Å². The maximum absolute atomic E-state index is 11.0. The van der Waals surface area contributed by atoms with Crippen LogP contribution in [0.5, 0.6) is 0 Å². The number of amides is 1. The molecule has 0 spiro atoms. The summed E-state index contributed by atoms with van der Waals surface area (Å²) in [7, 11) is 0. The molecule has 4 nitrogen and oxygen atoms in total. The Balaban J connectivity index is 2.22. The van der Waals surface area contributed by atoms with E-state index in [0.717, 1.165) is 13.0 Å². The Hall–Kier alpha value is -0.900. The number of carbonyl (C=O) groups is 2. The van der Waals surface area contributed by atoms with E-state index in [-0.39, 0.29) is 24.2 Å². The van der Waals surface area contributed by atoms with E-state index in [9.17, 15) is 9.59 Å². The van der Waals surface area contributed by atoms with Crippen molar-refractivity contribution in [3.05, 3.63) is 0 Å². The number of hydrogen-bond acceptors (Lipinski definition) is 3. The van der Waals surface area contributed by atoms with Crippen molar-refractivity contribution >= 4 is 11.7 Å². The second-order valence-electron chi connectivity index (χ2n) is 3.06. The molecule has 1 aliphatic rings. The van der Waals surface area contributed by atoms with Crippen LogP contribution in [-0.2, 0) is 9.59 Å². The van der Waals surface area contributed by atoms with Crippen LogP contribution in [0.15, 0.2) is 0 Å². The largest absolute Gasteiger partial charge is 0.356 e. The van der Waals surface area contributed by atoms with Crippen LogP contribution >= 0.6 is 0 Å². The highest BCUT2D eigenvalue weighted by Crippen LogP contribution is 2.15. The highest BCUT2D eigenvalue weighted by Gasteiger charge is 2.23. The third kappa shape index (κ3) is 2.30. The molecule has 1 fully saturated rings. The van der Waals surface area contributed by atoms with Gasteiger partial charge in [-0.2, -0.15) is 0 Å². The molecular weight excluding hydrogens is 156 g/mol. The molecule has 68 valence electrons. The Morgan fingerprint density at radius 2 is 2.42 bits per heavy atom. The number of nitrogens with two attached hydrogens (primary N) is 1. The topological polar surface area (TPSA) is 72.2 Å². The van der Waals surface area contributed by atoms with Gasteiger partial charge in [0.1, 0.15) is 5.78 Å². The first kappa shape index (κ1) is 9.19. The summed E-state index contributed by atoms with van der Waals surface area (Å²) in [5.41, 5.74) is 5.14. The van der Waals surface area contributed by atoms with Crippen molar-refractivity contribution in [2.24, 2.45) is 11.7 Å². The fourth-order valence-electron chi connectivity index (χ4n) is 1.36. The third-order valence-corrected chi connectivity index (χ3v) is 2.16. The Morgan fingerprint density at radius 3 is 2.92 bits per heavy atom. The molecule has 0 saturated carbocycles. The highest BCUT2D eigenvalue weighted by atomic mass is 16.2. The van der Waals surface area contributed by atoms with Crippen LogP contribution in [0.3, 0.4) is 0 Å². The lowest BCUT2D eigenvalue weighted by molar-refractivity contribution is -0.123. The van der Waals surface area contributed by atoms with E-state index < -0.39 is 0 Å². The standard InChI is InChI=1S/C8H14N2O2/c9-5-7(11)2-1-6-3-4-10-8(6)12/h6H,1-5,9H2,(H,10,12). The molecular formula is C8H14N2O2. The Morgan fingerprint density at radius 1 is 1.67 bits per heavy atom. The van der Waals surface area contributed by atoms with Crippen LogP contribution < -0.4 is 11.1 Å². The summed E-state index contributed by atoms with van der Waals surface area (Å²) in [5.74, 6) is 0.162. The smallest absolute Gasteiger partial charge is 0.223 e. The van der Waals surface area contributed by atoms with E-state index in [4.69, 9.17) is 5.73 Å². The van der Waals surface area contributed by atoms with Gasteiger partial charge in [-0.05, 0) is 12.8 Å². The molecule has 12 heavy (non-hydrogen) atoms. The predicted molar refractivity (Wildman–Crippen MR) is 44.4 cm³/mol. The Bertz CT molecular complexity index is 191. The summed E-state index contributed by atoms with van der Waals surface area (Å²) in [6, 6.07) is 0. The third-order valence-electron chi connectivity index (χ3n) is 2.16. The van der Waals surface area contributed by atoms with Gasteiger partial charge in [0.2, 0.25) is 5.91 Å². The van der Waals surface area contributed by atoms with Crippen LogP contribution in [0.4, 0.5) is 0 Å². The zero-order valence-electron chi connectivity index (χ0n) is 7.01. The molecule has 1 unspecified atom stereocenters. The summed E-state index contributed by atoms with van der Waals surface area (Å²) >= 11 is 0. The molecule has 0 aromatic rings. The molecule has 1 aliphatic heterocycles. The minimum absolute atomic E-state index is 0.0368. The van der Waals surface area contributed by atoms with Gasteiger partial charge in [0.25, 0.3) is 0 Å². The minimum Gasteiger partial charge on any atom is -0.356 e. The minimum atomic E-state index is 0.0368. The lowest BCUT2D eigenvalue weighted by Gasteiger charge is -2.03. The van der Waals surface area contributed by atoms with Crippen molar-refractivity contribution in [1.29, 1.82) is 0 Å². The monoisotopic (exact) mass is 170 g/mol. The second kappa shape index (κ2) is 4.21. The fourth-order valence-corrected chi connectivity index (χ4v) is 1.36. The van der Waals surface area contributed by atoms with Crippen molar-refractivity contribution in [1.82, 2.24) is 5.32 Å². The van der Waals surface area contributed by atoms with Crippen LogP contribution in [0.2, 0.25) is 0 Å². The molecule has 0 aliphatic carbocycles. The molecule has 0 bridgehead atoms. The number of hydrogen-bond donors (Lipinski definition) is 2. The molecule has 0 aromatic carbocycles. The summed E-state index contributed by atoms with van der Waals surface area (Å²) in [6.45, 7) is 0.842. The van der Waals surface area contributed by atoms with Gasteiger partial charge in [-0.15, -0.1) is 0 Å². The number of Topliss-reactive ketones (excluding diaryl/α,β-unsaturated/α-hetero) is 1. The van der Waals surface area contributed by atoms with Crippen molar-refractivity contribution in [3.63, 3.8) is 0 Å². The van der Waals surface area contributed by atoms with Gasteiger partial charge < -0.3 is 11.1 Å². The van der Waals surface area contributed by atoms with Gasteiger partial charge in [-0.25, -0.2) is 0 Å². The number of nitrogens with one attached hydrogen (secondary N) is 1. The summed E-state index contributed by atoms with van der Waals surface area (Å²) in [6.07, 6.45) is 1.95. The zero-order valence-corrected chi connectivity index (χ0v) is 7.01. The number of rotatable bonds is 4. The molecule has 0 radical (unpaired) electrons. The predicted octanol–water partition coefficient (Wildman–Crippen LogP) is -0.570.